The van der Waals surface area contributed by atoms with Gasteiger partial charge in [-0.1, -0.05) is 0 Å². The fourth-order valence-electron chi connectivity index (χ4n) is 1.67. The van der Waals surface area contributed by atoms with E-state index in [1.54, 1.807) is 7.05 Å². The fourth-order valence-corrected chi connectivity index (χ4v) is 1.67. The maximum absolute atomic E-state index is 11.5. The molecular weight excluding hydrogens is 170 g/mol. The molecule has 5 heteroatoms. The van der Waals surface area contributed by atoms with E-state index in [4.69, 9.17) is 0 Å². The number of anilines is 1. The van der Waals surface area contributed by atoms with Gasteiger partial charge in [-0.05, 0) is 6.42 Å². The second-order valence-corrected chi connectivity index (χ2v) is 3.21. The van der Waals surface area contributed by atoms with Crippen molar-refractivity contribution in [3.8, 4) is 0 Å². The summed E-state index contributed by atoms with van der Waals surface area (Å²) in [5.41, 5.74) is 0.255. The van der Waals surface area contributed by atoms with Crippen LogP contribution in [0.5, 0.6) is 0 Å². The highest BCUT2D eigenvalue weighted by molar-refractivity contribution is 5.48. The van der Waals surface area contributed by atoms with Gasteiger partial charge in [-0.3, -0.25) is 13.9 Å². The van der Waals surface area contributed by atoms with Crippen molar-refractivity contribution in [2.75, 3.05) is 11.9 Å². The van der Waals surface area contributed by atoms with Gasteiger partial charge in [0.15, 0.2) is 0 Å². The lowest BCUT2D eigenvalue weighted by Crippen LogP contribution is -2.38. The zero-order valence-corrected chi connectivity index (χ0v) is 7.63. The number of hydrogen-bond acceptors (Lipinski definition) is 3. The number of rotatable bonds is 0. The van der Waals surface area contributed by atoms with Crippen LogP contribution in [0.2, 0.25) is 0 Å². The Labute approximate surface area is 74.6 Å². The predicted octanol–water partition coefficient (Wildman–Crippen LogP) is -0.948. The first-order valence-electron chi connectivity index (χ1n) is 4.15. The maximum atomic E-state index is 11.5. The summed E-state index contributed by atoms with van der Waals surface area (Å²) >= 11 is 0. The standard InChI is InChI=1S/C8H11N3O2/c1-10-6-5(3-4-9-6)7(12)11(2)8(10)13/h9H,3-4H2,1-2H3. The van der Waals surface area contributed by atoms with Gasteiger partial charge in [0.25, 0.3) is 5.56 Å². The minimum atomic E-state index is -0.279. The molecule has 0 bridgehead atoms. The van der Waals surface area contributed by atoms with Crippen molar-refractivity contribution < 1.29 is 0 Å². The van der Waals surface area contributed by atoms with Crippen LogP contribution in [0.1, 0.15) is 5.56 Å². The first-order valence-corrected chi connectivity index (χ1v) is 4.15. The van der Waals surface area contributed by atoms with Crippen molar-refractivity contribution in [3.05, 3.63) is 26.4 Å². The van der Waals surface area contributed by atoms with Crippen LogP contribution >= 0.6 is 0 Å². The molecule has 0 saturated heterocycles. The summed E-state index contributed by atoms with van der Waals surface area (Å²) in [6.07, 6.45) is 0.704. The Balaban J connectivity index is 2.93. The monoisotopic (exact) mass is 181 g/mol. The molecule has 0 spiro atoms. The van der Waals surface area contributed by atoms with E-state index in [0.717, 1.165) is 11.1 Å². The maximum Gasteiger partial charge on any atom is 0.332 e. The van der Waals surface area contributed by atoms with E-state index in [1.165, 1.54) is 11.6 Å². The minimum absolute atomic E-state index is 0.178. The lowest BCUT2D eigenvalue weighted by Gasteiger charge is -2.07. The molecule has 1 aliphatic heterocycles. The normalized spacial score (nSPS) is 14.0. The number of hydrogen-bond donors (Lipinski definition) is 1. The predicted molar refractivity (Wildman–Crippen MR) is 49.1 cm³/mol. The molecule has 2 rings (SSSR count). The Bertz CT molecular complexity index is 470. The molecular formula is C8H11N3O2. The highest BCUT2D eigenvalue weighted by Crippen LogP contribution is 2.14. The van der Waals surface area contributed by atoms with Gasteiger partial charge < -0.3 is 5.32 Å². The molecule has 1 aliphatic rings. The molecule has 1 aromatic heterocycles. The van der Waals surface area contributed by atoms with Crippen LogP contribution in [0.3, 0.4) is 0 Å². The molecule has 0 radical (unpaired) electrons. The van der Waals surface area contributed by atoms with E-state index in [9.17, 15) is 9.59 Å². The summed E-state index contributed by atoms with van der Waals surface area (Å²) in [5, 5.41) is 3.03. The van der Waals surface area contributed by atoms with E-state index in [0.29, 0.717) is 17.8 Å². The fraction of sp³-hybridized carbons (Fsp3) is 0.500. The van der Waals surface area contributed by atoms with Gasteiger partial charge in [0.2, 0.25) is 0 Å². The van der Waals surface area contributed by atoms with Crippen LogP contribution in [0.15, 0.2) is 9.59 Å². The molecule has 0 saturated carbocycles. The summed E-state index contributed by atoms with van der Waals surface area (Å²) in [4.78, 5) is 23.0. The number of nitrogens with zero attached hydrogens (tertiary/aromatic N) is 2. The first kappa shape index (κ1) is 8.10. The third-order valence-corrected chi connectivity index (χ3v) is 2.43. The second kappa shape index (κ2) is 2.48. The Morgan fingerprint density at radius 3 is 2.62 bits per heavy atom. The van der Waals surface area contributed by atoms with Gasteiger partial charge in [0.1, 0.15) is 5.82 Å². The van der Waals surface area contributed by atoms with Gasteiger partial charge in [-0.2, -0.15) is 0 Å². The Hall–Kier alpha value is -1.52. The Kier molecular flexibility index (Phi) is 1.55. The number of fused-ring (bicyclic) bond motifs is 1. The lowest BCUT2D eigenvalue weighted by molar-refractivity contribution is 0.687. The topological polar surface area (TPSA) is 56.0 Å². The molecule has 0 unspecified atom stereocenters. The lowest BCUT2D eigenvalue weighted by atomic mass is 10.2. The Morgan fingerprint density at radius 2 is 1.92 bits per heavy atom. The van der Waals surface area contributed by atoms with Gasteiger partial charge >= 0.3 is 5.69 Å². The molecule has 0 amide bonds. The van der Waals surface area contributed by atoms with Crippen molar-refractivity contribution in [2.24, 2.45) is 14.1 Å². The smallest absolute Gasteiger partial charge is 0.332 e. The van der Waals surface area contributed by atoms with Crippen LogP contribution < -0.4 is 16.6 Å². The molecule has 0 aromatic carbocycles. The van der Waals surface area contributed by atoms with E-state index in [-0.39, 0.29) is 11.2 Å². The Morgan fingerprint density at radius 1 is 1.23 bits per heavy atom. The first-order chi connectivity index (χ1) is 6.13. The summed E-state index contributed by atoms with van der Waals surface area (Å²) in [7, 11) is 3.17. The van der Waals surface area contributed by atoms with Crippen molar-refractivity contribution in [1.82, 2.24) is 9.13 Å². The van der Waals surface area contributed by atoms with Crippen LogP contribution in [0.4, 0.5) is 5.82 Å². The van der Waals surface area contributed by atoms with Gasteiger partial charge in [-0.25, -0.2) is 4.79 Å². The van der Waals surface area contributed by atoms with Gasteiger partial charge in [0.05, 0.1) is 5.56 Å². The van der Waals surface area contributed by atoms with Gasteiger partial charge in [-0.15, -0.1) is 0 Å². The molecule has 1 aromatic rings. The average molecular weight is 181 g/mol. The molecule has 2 heterocycles. The van der Waals surface area contributed by atoms with E-state index < -0.39 is 0 Å². The number of aromatic nitrogens is 2. The molecule has 0 atom stereocenters. The second-order valence-electron chi connectivity index (χ2n) is 3.21. The van der Waals surface area contributed by atoms with Crippen LogP contribution in [0, 0.1) is 0 Å². The zero-order valence-electron chi connectivity index (χ0n) is 7.63. The quantitative estimate of drug-likeness (QED) is 0.561. The average Bonchev–Trinajstić information content (AvgIpc) is 2.59. The molecule has 13 heavy (non-hydrogen) atoms. The minimum Gasteiger partial charge on any atom is -0.371 e. The summed E-state index contributed by atoms with van der Waals surface area (Å²) in [5.74, 6) is 0.674. The van der Waals surface area contributed by atoms with Crippen molar-refractivity contribution in [1.29, 1.82) is 0 Å². The largest absolute Gasteiger partial charge is 0.371 e. The van der Waals surface area contributed by atoms with E-state index >= 15 is 0 Å². The summed E-state index contributed by atoms with van der Waals surface area (Å²) in [6.45, 7) is 0.738. The van der Waals surface area contributed by atoms with E-state index in [2.05, 4.69) is 5.32 Å². The molecule has 0 aliphatic carbocycles. The summed E-state index contributed by atoms with van der Waals surface area (Å²) in [6, 6.07) is 0. The molecule has 70 valence electrons. The van der Waals surface area contributed by atoms with Crippen LogP contribution in [0.25, 0.3) is 0 Å². The van der Waals surface area contributed by atoms with E-state index in [1.807, 2.05) is 0 Å². The van der Waals surface area contributed by atoms with Gasteiger partial charge in [0, 0.05) is 20.6 Å². The number of nitrogens with one attached hydrogen (secondary N) is 1. The van der Waals surface area contributed by atoms with Crippen molar-refractivity contribution >= 4 is 5.82 Å². The van der Waals surface area contributed by atoms with Crippen molar-refractivity contribution in [3.63, 3.8) is 0 Å². The third-order valence-electron chi connectivity index (χ3n) is 2.43. The molecule has 1 N–H and O–H groups in total. The van der Waals surface area contributed by atoms with Crippen LogP contribution in [-0.4, -0.2) is 15.7 Å². The zero-order chi connectivity index (χ0) is 9.59. The highest BCUT2D eigenvalue weighted by atomic mass is 16.2. The SMILES string of the molecule is Cn1c2c(c(=O)n(C)c1=O)CCN2. The summed E-state index contributed by atoms with van der Waals surface area (Å²) < 4.78 is 2.62. The molecule has 5 nitrogen and oxygen atoms in total. The molecule has 0 fully saturated rings. The highest BCUT2D eigenvalue weighted by Gasteiger charge is 2.19. The van der Waals surface area contributed by atoms with Crippen molar-refractivity contribution in [2.45, 2.75) is 6.42 Å². The third kappa shape index (κ3) is 0.929. The van der Waals surface area contributed by atoms with Crippen LogP contribution in [-0.2, 0) is 20.5 Å².